The molecule has 1 unspecified atom stereocenters. The van der Waals surface area contributed by atoms with Crippen LogP contribution in [0.1, 0.15) is 28.5 Å². The number of carbonyl (C=O) groups is 2. The summed E-state index contributed by atoms with van der Waals surface area (Å²) < 4.78 is 0. The number of nitrogens with zero attached hydrogens (tertiary/aromatic N) is 1. The monoisotopic (exact) mass is 192 g/mol. The zero-order chi connectivity index (χ0) is 10.1. The van der Waals surface area contributed by atoms with Gasteiger partial charge < -0.3 is 10.4 Å². The van der Waals surface area contributed by atoms with Crippen LogP contribution in [0, 0.1) is 0 Å². The molecule has 72 valence electrons. The van der Waals surface area contributed by atoms with Crippen molar-refractivity contribution in [2.24, 2.45) is 0 Å². The van der Waals surface area contributed by atoms with Gasteiger partial charge in [-0.3, -0.25) is 14.6 Å². The van der Waals surface area contributed by atoms with Gasteiger partial charge in [0.25, 0.3) is 5.91 Å². The molecule has 5 nitrogen and oxygen atoms in total. The summed E-state index contributed by atoms with van der Waals surface area (Å²) in [7, 11) is 0. The van der Waals surface area contributed by atoms with Gasteiger partial charge in [0, 0.05) is 6.20 Å². The highest BCUT2D eigenvalue weighted by Crippen LogP contribution is 2.24. The van der Waals surface area contributed by atoms with Crippen LogP contribution in [0.2, 0.25) is 0 Å². The second-order valence-electron chi connectivity index (χ2n) is 3.06. The van der Waals surface area contributed by atoms with Gasteiger partial charge in [-0.05, 0) is 12.1 Å². The van der Waals surface area contributed by atoms with E-state index < -0.39 is 12.0 Å². The molecule has 0 spiro atoms. The molecule has 1 amide bonds. The van der Waals surface area contributed by atoms with Gasteiger partial charge in [-0.1, -0.05) is 0 Å². The van der Waals surface area contributed by atoms with Crippen LogP contribution in [0.5, 0.6) is 0 Å². The number of aliphatic carboxylic acids is 1. The molecule has 1 aliphatic heterocycles. The Balaban J connectivity index is 2.34. The summed E-state index contributed by atoms with van der Waals surface area (Å²) >= 11 is 0. The molecule has 0 radical (unpaired) electrons. The Hall–Kier alpha value is -1.91. The lowest BCUT2D eigenvalue weighted by Gasteiger charge is -2.06. The Kier molecular flexibility index (Phi) is 1.92. The number of carbonyl (C=O) groups excluding carboxylic acids is 1. The predicted octanol–water partition coefficient (Wildman–Crippen LogP) is 0.341. The Morgan fingerprint density at radius 2 is 2.43 bits per heavy atom. The van der Waals surface area contributed by atoms with Crippen molar-refractivity contribution in [2.75, 3.05) is 0 Å². The minimum atomic E-state index is -0.950. The smallest absolute Gasteiger partial charge is 0.305 e. The minimum absolute atomic E-state index is 0.129. The van der Waals surface area contributed by atoms with E-state index >= 15 is 0 Å². The molecule has 1 aromatic heterocycles. The molecule has 0 aliphatic carbocycles. The Bertz CT molecular complexity index is 401. The van der Waals surface area contributed by atoms with E-state index in [1.165, 1.54) is 0 Å². The van der Waals surface area contributed by atoms with Crippen molar-refractivity contribution in [3.05, 3.63) is 29.6 Å². The second kappa shape index (κ2) is 3.10. The van der Waals surface area contributed by atoms with Crippen molar-refractivity contribution in [1.82, 2.24) is 10.3 Å². The molecule has 2 rings (SSSR count). The van der Waals surface area contributed by atoms with Gasteiger partial charge in [0.1, 0.15) is 0 Å². The summed E-state index contributed by atoms with van der Waals surface area (Å²) in [6.45, 7) is 0. The van der Waals surface area contributed by atoms with Crippen LogP contribution in [0.4, 0.5) is 0 Å². The highest BCUT2D eigenvalue weighted by molar-refractivity contribution is 5.98. The van der Waals surface area contributed by atoms with E-state index in [0.717, 1.165) is 0 Å². The first-order valence-corrected chi connectivity index (χ1v) is 4.16. The fourth-order valence-corrected chi connectivity index (χ4v) is 1.51. The lowest BCUT2D eigenvalue weighted by Crippen LogP contribution is -2.21. The summed E-state index contributed by atoms with van der Waals surface area (Å²) in [6.07, 6.45) is 1.42. The number of fused-ring (bicyclic) bond motifs is 1. The summed E-state index contributed by atoms with van der Waals surface area (Å²) in [4.78, 5) is 25.8. The number of carboxylic acid groups (broad SMARTS) is 1. The second-order valence-corrected chi connectivity index (χ2v) is 3.06. The standard InChI is InChI=1S/C9H8N2O3/c12-7(13)4-6-8-5(9(14)11-6)2-1-3-10-8/h1-3,6H,4H2,(H,11,14)(H,12,13). The number of hydrogen-bond acceptors (Lipinski definition) is 3. The number of hydrogen-bond donors (Lipinski definition) is 2. The first-order chi connectivity index (χ1) is 6.68. The molecule has 2 heterocycles. The van der Waals surface area contributed by atoms with Crippen LogP contribution in [0.3, 0.4) is 0 Å². The molecule has 0 saturated carbocycles. The molecule has 5 heteroatoms. The maximum absolute atomic E-state index is 11.3. The SMILES string of the molecule is O=C(O)CC1NC(=O)c2cccnc21. The molecule has 1 aliphatic rings. The predicted molar refractivity (Wildman–Crippen MR) is 46.7 cm³/mol. The normalized spacial score (nSPS) is 18.9. The zero-order valence-corrected chi connectivity index (χ0v) is 7.23. The van der Waals surface area contributed by atoms with E-state index in [9.17, 15) is 9.59 Å². The molecule has 14 heavy (non-hydrogen) atoms. The largest absolute Gasteiger partial charge is 0.481 e. The van der Waals surface area contributed by atoms with E-state index in [1.54, 1.807) is 18.3 Å². The van der Waals surface area contributed by atoms with Gasteiger partial charge in [0.2, 0.25) is 0 Å². The Morgan fingerprint density at radius 3 is 3.14 bits per heavy atom. The van der Waals surface area contributed by atoms with Crippen molar-refractivity contribution in [3.63, 3.8) is 0 Å². The number of carboxylic acids is 1. The third-order valence-corrected chi connectivity index (χ3v) is 2.10. The van der Waals surface area contributed by atoms with Crippen molar-refractivity contribution >= 4 is 11.9 Å². The highest BCUT2D eigenvalue weighted by atomic mass is 16.4. The molecule has 1 aromatic rings. The quantitative estimate of drug-likeness (QED) is 0.708. The molecular weight excluding hydrogens is 184 g/mol. The summed E-state index contributed by atoms with van der Waals surface area (Å²) in [5, 5.41) is 11.2. The summed E-state index contributed by atoms with van der Waals surface area (Å²) in [5.41, 5.74) is 0.999. The van der Waals surface area contributed by atoms with E-state index in [4.69, 9.17) is 5.11 Å². The Labute approximate surface area is 79.8 Å². The lowest BCUT2D eigenvalue weighted by atomic mass is 10.1. The third kappa shape index (κ3) is 1.32. The maximum Gasteiger partial charge on any atom is 0.305 e. The van der Waals surface area contributed by atoms with Crippen LogP contribution in [0.15, 0.2) is 18.3 Å². The lowest BCUT2D eigenvalue weighted by molar-refractivity contribution is -0.137. The molecule has 0 aromatic carbocycles. The third-order valence-electron chi connectivity index (χ3n) is 2.10. The van der Waals surface area contributed by atoms with Crippen LogP contribution in [-0.4, -0.2) is 22.0 Å². The van der Waals surface area contributed by atoms with Crippen molar-refractivity contribution in [3.8, 4) is 0 Å². The van der Waals surface area contributed by atoms with Crippen LogP contribution in [-0.2, 0) is 4.79 Å². The molecule has 0 bridgehead atoms. The first kappa shape index (κ1) is 8.68. The average molecular weight is 192 g/mol. The summed E-state index contributed by atoms with van der Waals surface area (Å²) in [6, 6.07) is 2.80. The Morgan fingerprint density at radius 1 is 1.64 bits per heavy atom. The van der Waals surface area contributed by atoms with Crippen molar-refractivity contribution in [2.45, 2.75) is 12.5 Å². The van der Waals surface area contributed by atoms with Gasteiger partial charge in [0.15, 0.2) is 0 Å². The molecule has 0 saturated heterocycles. The summed E-state index contributed by atoms with van der Waals surface area (Å²) in [5.74, 6) is -1.20. The van der Waals surface area contributed by atoms with E-state index in [1.807, 2.05) is 0 Å². The fourth-order valence-electron chi connectivity index (χ4n) is 1.51. The van der Waals surface area contributed by atoms with Gasteiger partial charge in [0.05, 0.1) is 23.7 Å². The topological polar surface area (TPSA) is 79.3 Å². The van der Waals surface area contributed by atoms with Crippen LogP contribution >= 0.6 is 0 Å². The number of rotatable bonds is 2. The van der Waals surface area contributed by atoms with Gasteiger partial charge >= 0.3 is 5.97 Å². The van der Waals surface area contributed by atoms with E-state index in [0.29, 0.717) is 11.3 Å². The first-order valence-electron chi connectivity index (χ1n) is 4.16. The van der Waals surface area contributed by atoms with Gasteiger partial charge in [-0.15, -0.1) is 0 Å². The average Bonchev–Trinajstić information content (AvgIpc) is 2.44. The molecule has 2 N–H and O–H groups in total. The van der Waals surface area contributed by atoms with Crippen LogP contribution < -0.4 is 5.32 Å². The highest BCUT2D eigenvalue weighted by Gasteiger charge is 2.30. The number of pyridine rings is 1. The van der Waals surface area contributed by atoms with E-state index in [-0.39, 0.29) is 12.3 Å². The number of aromatic nitrogens is 1. The van der Waals surface area contributed by atoms with Crippen molar-refractivity contribution < 1.29 is 14.7 Å². The van der Waals surface area contributed by atoms with Gasteiger partial charge in [-0.25, -0.2) is 0 Å². The maximum atomic E-state index is 11.3. The number of amides is 1. The van der Waals surface area contributed by atoms with Gasteiger partial charge in [-0.2, -0.15) is 0 Å². The van der Waals surface area contributed by atoms with Crippen LogP contribution in [0.25, 0.3) is 0 Å². The number of nitrogens with one attached hydrogen (secondary N) is 1. The zero-order valence-electron chi connectivity index (χ0n) is 7.23. The minimum Gasteiger partial charge on any atom is -0.481 e. The molecule has 0 fully saturated rings. The van der Waals surface area contributed by atoms with Crippen molar-refractivity contribution in [1.29, 1.82) is 0 Å². The molecule has 1 atom stereocenters. The molecular formula is C9H8N2O3. The fraction of sp³-hybridized carbons (Fsp3) is 0.222. The van der Waals surface area contributed by atoms with E-state index in [2.05, 4.69) is 10.3 Å².